The van der Waals surface area contributed by atoms with Gasteiger partial charge in [0, 0.05) is 0 Å². The Morgan fingerprint density at radius 3 is 2.33 bits per heavy atom. The molecule has 0 spiro atoms. The first kappa shape index (κ1) is 15.3. The van der Waals surface area contributed by atoms with Crippen LogP contribution in [-0.4, -0.2) is 22.1 Å². The first-order valence-corrected chi connectivity index (χ1v) is 5.74. The summed E-state index contributed by atoms with van der Waals surface area (Å²) in [5.41, 5.74) is -1.83. The Hall–Kier alpha value is -0.790. The van der Waals surface area contributed by atoms with Crippen molar-refractivity contribution in [2.75, 3.05) is 5.75 Å². The molecule has 0 saturated carbocycles. The van der Waals surface area contributed by atoms with Gasteiger partial charge in [-0.1, -0.05) is 0 Å². The Morgan fingerprint density at radius 1 is 1.22 bits per heavy atom. The van der Waals surface area contributed by atoms with E-state index in [-0.39, 0.29) is 12.2 Å². The predicted molar refractivity (Wildman–Crippen MR) is 60.8 cm³/mol. The van der Waals surface area contributed by atoms with Gasteiger partial charge < -0.3 is 10.2 Å². The first-order chi connectivity index (χ1) is 8.27. The molecule has 2 nitrogen and oxygen atoms in total. The van der Waals surface area contributed by atoms with Crippen molar-refractivity contribution in [2.45, 2.75) is 24.8 Å². The van der Waals surface area contributed by atoms with Crippen molar-refractivity contribution in [3.8, 4) is 0 Å². The molecule has 18 heavy (non-hydrogen) atoms. The Balaban J connectivity index is 3.17. The molecule has 2 unspecified atom stereocenters. The van der Waals surface area contributed by atoms with E-state index in [0.717, 1.165) is 0 Å². The molecule has 0 fully saturated rings. The Kier molecular flexibility index (Phi) is 5.01. The lowest BCUT2D eigenvalue weighted by molar-refractivity contribution is -0.140. The number of thiol groups is 1. The van der Waals surface area contributed by atoms with Crippen LogP contribution in [0.1, 0.15) is 23.7 Å². The smallest absolute Gasteiger partial charge is 0.390 e. The van der Waals surface area contributed by atoms with Crippen LogP contribution in [0.15, 0.2) is 18.2 Å². The Bertz CT molecular complexity index is 409. The molecular formula is C11H12F4O2S. The SMILES string of the molecule is OC(CCS)C(O)c1cc(F)ccc1C(F)(F)F. The maximum atomic E-state index is 13.0. The fraction of sp³-hybridized carbons (Fsp3) is 0.455. The van der Waals surface area contributed by atoms with Gasteiger partial charge in [0.2, 0.25) is 0 Å². The third-order valence-electron chi connectivity index (χ3n) is 2.43. The van der Waals surface area contributed by atoms with Gasteiger partial charge in [-0.2, -0.15) is 25.8 Å². The van der Waals surface area contributed by atoms with Crippen LogP contribution in [0.2, 0.25) is 0 Å². The number of hydrogen-bond donors (Lipinski definition) is 3. The van der Waals surface area contributed by atoms with Crippen molar-refractivity contribution in [3.05, 3.63) is 35.1 Å². The van der Waals surface area contributed by atoms with Crippen LogP contribution in [0, 0.1) is 5.82 Å². The van der Waals surface area contributed by atoms with E-state index in [4.69, 9.17) is 0 Å². The molecule has 102 valence electrons. The molecule has 1 aromatic carbocycles. The monoisotopic (exact) mass is 284 g/mol. The van der Waals surface area contributed by atoms with E-state index in [9.17, 15) is 27.8 Å². The minimum Gasteiger partial charge on any atom is -0.390 e. The van der Waals surface area contributed by atoms with Gasteiger partial charge in [0.15, 0.2) is 0 Å². The Morgan fingerprint density at radius 2 is 1.83 bits per heavy atom. The van der Waals surface area contributed by atoms with E-state index in [1.807, 2.05) is 0 Å². The summed E-state index contributed by atoms with van der Waals surface area (Å²) in [6.45, 7) is 0. The van der Waals surface area contributed by atoms with Gasteiger partial charge in [-0.15, -0.1) is 0 Å². The zero-order valence-electron chi connectivity index (χ0n) is 9.15. The van der Waals surface area contributed by atoms with Crippen molar-refractivity contribution in [3.63, 3.8) is 0 Å². The molecular weight excluding hydrogens is 272 g/mol. The topological polar surface area (TPSA) is 40.5 Å². The molecule has 0 amide bonds. The number of halogens is 4. The normalized spacial score (nSPS) is 15.5. The van der Waals surface area contributed by atoms with Gasteiger partial charge in [0.1, 0.15) is 11.9 Å². The standard InChI is InChI=1S/C11H12F4O2S/c12-6-1-2-8(11(13,14)15)7(5-6)10(17)9(16)3-4-18/h1-2,5,9-10,16-18H,3-4H2. The van der Waals surface area contributed by atoms with Crippen LogP contribution in [0.4, 0.5) is 17.6 Å². The summed E-state index contributed by atoms with van der Waals surface area (Å²) >= 11 is 3.80. The van der Waals surface area contributed by atoms with Crippen LogP contribution in [0.25, 0.3) is 0 Å². The van der Waals surface area contributed by atoms with E-state index in [2.05, 4.69) is 12.6 Å². The van der Waals surface area contributed by atoms with Gasteiger partial charge in [-0.3, -0.25) is 0 Å². The molecule has 2 atom stereocenters. The van der Waals surface area contributed by atoms with E-state index < -0.39 is 35.3 Å². The van der Waals surface area contributed by atoms with Crippen LogP contribution in [0.5, 0.6) is 0 Å². The van der Waals surface area contributed by atoms with Crippen molar-refractivity contribution in [1.29, 1.82) is 0 Å². The second kappa shape index (κ2) is 5.90. The number of benzene rings is 1. The van der Waals surface area contributed by atoms with E-state index in [1.54, 1.807) is 0 Å². The molecule has 0 aliphatic carbocycles. The molecule has 0 aromatic heterocycles. The molecule has 0 radical (unpaired) electrons. The molecule has 0 heterocycles. The van der Waals surface area contributed by atoms with Gasteiger partial charge in [0.25, 0.3) is 0 Å². The fourth-order valence-corrected chi connectivity index (χ4v) is 1.80. The second-order valence-electron chi connectivity index (χ2n) is 3.75. The predicted octanol–water partition coefficient (Wildman–Crippen LogP) is 2.56. The molecule has 2 N–H and O–H groups in total. The van der Waals surface area contributed by atoms with E-state index in [0.29, 0.717) is 18.2 Å². The summed E-state index contributed by atoms with van der Waals surface area (Å²) in [6.07, 6.45) is -7.95. The maximum absolute atomic E-state index is 13.0. The highest BCUT2D eigenvalue weighted by atomic mass is 32.1. The minimum atomic E-state index is -4.72. The number of hydrogen-bond acceptors (Lipinski definition) is 3. The average Bonchev–Trinajstić information content (AvgIpc) is 2.26. The fourth-order valence-electron chi connectivity index (χ4n) is 1.53. The molecule has 1 rings (SSSR count). The molecule has 0 aliphatic heterocycles. The molecule has 1 aromatic rings. The summed E-state index contributed by atoms with van der Waals surface area (Å²) in [7, 11) is 0. The highest BCUT2D eigenvalue weighted by molar-refractivity contribution is 7.80. The van der Waals surface area contributed by atoms with Crippen molar-refractivity contribution in [2.24, 2.45) is 0 Å². The zero-order chi connectivity index (χ0) is 13.9. The van der Waals surface area contributed by atoms with Crippen LogP contribution >= 0.6 is 12.6 Å². The average molecular weight is 284 g/mol. The zero-order valence-corrected chi connectivity index (χ0v) is 10.0. The summed E-state index contributed by atoms with van der Waals surface area (Å²) < 4.78 is 50.9. The van der Waals surface area contributed by atoms with Crippen molar-refractivity contribution in [1.82, 2.24) is 0 Å². The van der Waals surface area contributed by atoms with Gasteiger partial charge in [-0.25, -0.2) is 4.39 Å². The minimum absolute atomic E-state index is 0.00190. The van der Waals surface area contributed by atoms with Crippen LogP contribution in [0.3, 0.4) is 0 Å². The summed E-state index contributed by atoms with van der Waals surface area (Å²) in [5.74, 6) is -0.718. The molecule has 7 heteroatoms. The number of alkyl halides is 3. The third kappa shape index (κ3) is 3.60. The molecule has 0 saturated heterocycles. The lowest BCUT2D eigenvalue weighted by Gasteiger charge is -2.21. The highest BCUT2D eigenvalue weighted by Gasteiger charge is 2.36. The number of aliphatic hydroxyl groups is 2. The lowest BCUT2D eigenvalue weighted by atomic mass is 9.97. The van der Waals surface area contributed by atoms with Gasteiger partial charge >= 0.3 is 6.18 Å². The van der Waals surface area contributed by atoms with Crippen molar-refractivity contribution < 1.29 is 27.8 Å². The second-order valence-corrected chi connectivity index (χ2v) is 4.20. The highest BCUT2D eigenvalue weighted by Crippen LogP contribution is 2.36. The van der Waals surface area contributed by atoms with Crippen molar-refractivity contribution >= 4 is 12.6 Å². The summed E-state index contributed by atoms with van der Waals surface area (Å²) in [4.78, 5) is 0. The maximum Gasteiger partial charge on any atom is 0.416 e. The molecule has 0 aliphatic rings. The van der Waals surface area contributed by atoms with Crippen LogP contribution < -0.4 is 0 Å². The molecule has 0 bridgehead atoms. The van der Waals surface area contributed by atoms with Gasteiger partial charge in [0.05, 0.1) is 11.7 Å². The van der Waals surface area contributed by atoms with Gasteiger partial charge in [-0.05, 0) is 35.9 Å². The quantitative estimate of drug-likeness (QED) is 0.587. The largest absolute Gasteiger partial charge is 0.416 e. The summed E-state index contributed by atoms with van der Waals surface area (Å²) in [6, 6.07) is 1.78. The third-order valence-corrected chi connectivity index (χ3v) is 2.69. The first-order valence-electron chi connectivity index (χ1n) is 5.11. The lowest BCUT2D eigenvalue weighted by Crippen LogP contribution is -2.22. The number of aliphatic hydroxyl groups excluding tert-OH is 2. The number of rotatable bonds is 4. The van der Waals surface area contributed by atoms with Crippen LogP contribution in [-0.2, 0) is 6.18 Å². The van der Waals surface area contributed by atoms with E-state index >= 15 is 0 Å². The summed E-state index contributed by atoms with van der Waals surface area (Å²) in [5, 5.41) is 19.1. The van der Waals surface area contributed by atoms with E-state index in [1.165, 1.54) is 0 Å². The Labute approximate surface area is 107 Å².